The van der Waals surface area contributed by atoms with Crippen molar-refractivity contribution in [1.82, 2.24) is 10.6 Å². The molecule has 0 aliphatic heterocycles. The smallest absolute Gasteiger partial charge is 0.233 e. The molecule has 0 fully saturated rings. The molecular weight excluding hydrogens is 242 g/mol. The number of aryl methyl sites for hydroxylation is 1. The molecule has 100 valence electrons. The first kappa shape index (κ1) is 16.2. The molecule has 1 rings (SSSR count). The molecule has 0 aliphatic rings. The van der Waals surface area contributed by atoms with Gasteiger partial charge in [-0.3, -0.25) is 9.59 Å². The zero-order valence-corrected chi connectivity index (χ0v) is 10.5. The Bertz CT molecular complexity index is 400. The summed E-state index contributed by atoms with van der Waals surface area (Å²) >= 11 is 0. The summed E-state index contributed by atoms with van der Waals surface area (Å²) in [6.07, 6.45) is 0.171. The first-order valence-corrected chi connectivity index (χ1v) is 5.22. The normalized spacial score (nSPS) is 9.17. The van der Waals surface area contributed by atoms with Gasteiger partial charge in [0.2, 0.25) is 5.91 Å². The Labute approximate surface area is 104 Å². The van der Waals surface area contributed by atoms with Crippen LogP contribution in [0.5, 0.6) is 0 Å². The lowest BCUT2D eigenvalue weighted by Crippen LogP contribution is -2.28. The van der Waals surface area contributed by atoms with Gasteiger partial charge in [-0.25, -0.2) is 8.78 Å². The Balaban J connectivity index is 0.000000360. The quantitative estimate of drug-likeness (QED) is 0.796. The fraction of sp³-hybridized carbons (Fsp3) is 0.333. The van der Waals surface area contributed by atoms with Crippen molar-refractivity contribution in [3.05, 3.63) is 34.9 Å². The highest BCUT2D eigenvalue weighted by atomic mass is 19.1. The van der Waals surface area contributed by atoms with Gasteiger partial charge in [-0.2, -0.15) is 0 Å². The molecule has 0 radical (unpaired) electrons. The van der Waals surface area contributed by atoms with Crippen molar-refractivity contribution in [3.8, 4) is 0 Å². The maximum Gasteiger partial charge on any atom is 0.233 e. The second kappa shape index (κ2) is 8.30. The van der Waals surface area contributed by atoms with Crippen molar-refractivity contribution < 1.29 is 18.4 Å². The topological polar surface area (TPSA) is 58.2 Å². The maximum atomic E-state index is 12.6. The van der Waals surface area contributed by atoms with Crippen LogP contribution in [0.25, 0.3) is 0 Å². The monoisotopic (exact) mass is 258 g/mol. The Hall–Kier alpha value is -1.82. The van der Waals surface area contributed by atoms with Crippen molar-refractivity contribution in [3.63, 3.8) is 0 Å². The van der Waals surface area contributed by atoms with E-state index in [0.717, 1.165) is 12.1 Å². The molecule has 4 nitrogen and oxygen atoms in total. The fourth-order valence-electron chi connectivity index (χ4n) is 1.07. The number of aldehydes is 1. The van der Waals surface area contributed by atoms with Crippen LogP contribution in [0.15, 0.2) is 12.1 Å². The molecule has 0 saturated heterocycles. The first-order valence-electron chi connectivity index (χ1n) is 5.22. The number of carbonyl (C=O) groups is 2. The number of benzene rings is 1. The number of amides is 1. The molecular formula is C12H16F2N2O2. The zero-order chi connectivity index (χ0) is 14.1. The lowest BCUT2D eigenvalue weighted by atomic mass is 10.1. The molecule has 0 saturated carbocycles. The van der Waals surface area contributed by atoms with Gasteiger partial charge >= 0.3 is 0 Å². The van der Waals surface area contributed by atoms with Crippen LogP contribution in [0.4, 0.5) is 8.78 Å². The van der Waals surface area contributed by atoms with Gasteiger partial charge in [0.25, 0.3) is 0 Å². The van der Waals surface area contributed by atoms with E-state index < -0.39 is 17.2 Å². The van der Waals surface area contributed by atoms with Gasteiger partial charge in [0.1, 0.15) is 11.6 Å². The summed E-state index contributed by atoms with van der Waals surface area (Å²) in [6, 6.07) is 2.24. The minimum absolute atomic E-state index is 0.0162. The third-order valence-electron chi connectivity index (χ3n) is 1.96. The third-order valence-corrected chi connectivity index (χ3v) is 1.96. The van der Waals surface area contributed by atoms with Crippen LogP contribution in [0.3, 0.4) is 0 Å². The Morgan fingerprint density at radius 2 is 1.78 bits per heavy atom. The van der Waals surface area contributed by atoms with Crippen LogP contribution < -0.4 is 10.6 Å². The lowest BCUT2D eigenvalue weighted by molar-refractivity contribution is -0.119. The Morgan fingerprint density at radius 1 is 1.28 bits per heavy atom. The standard InChI is InChI=1S/C8H6F2O.C4H10N2O/c1-5-2-7(9)6(4-11)8(10)3-5;1-5-3-4(7)6-2/h2-4H,1H3;5H,3H2,1-2H3,(H,6,7). The average molecular weight is 258 g/mol. The molecule has 0 unspecified atom stereocenters. The SMILES string of the molecule is CNCC(=O)NC.Cc1cc(F)c(C=O)c(F)c1. The highest BCUT2D eigenvalue weighted by molar-refractivity contribution is 5.77. The minimum atomic E-state index is -0.808. The van der Waals surface area contributed by atoms with Crippen molar-refractivity contribution in [1.29, 1.82) is 0 Å². The Kier molecular flexibility index (Phi) is 7.46. The second-order valence-corrected chi connectivity index (χ2v) is 3.46. The van der Waals surface area contributed by atoms with E-state index in [-0.39, 0.29) is 12.2 Å². The predicted octanol–water partition coefficient (Wildman–Crippen LogP) is 1.04. The summed E-state index contributed by atoms with van der Waals surface area (Å²) in [6.45, 7) is 1.96. The number of likely N-dealkylation sites (N-methyl/N-ethyl adjacent to an activating group) is 2. The van der Waals surface area contributed by atoms with E-state index in [4.69, 9.17) is 0 Å². The molecule has 0 spiro atoms. The zero-order valence-electron chi connectivity index (χ0n) is 10.5. The van der Waals surface area contributed by atoms with Crippen molar-refractivity contribution in [2.24, 2.45) is 0 Å². The number of hydrogen-bond donors (Lipinski definition) is 2. The fourth-order valence-corrected chi connectivity index (χ4v) is 1.07. The van der Waals surface area contributed by atoms with Crippen molar-refractivity contribution in [2.75, 3.05) is 20.6 Å². The van der Waals surface area contributed by atoms with E-state index in [1.165, 1.54) is 0 Å². The van der Waals surface area contributed by atoms with Crippen LogP contribution in [0.2, 0.25) is 0 Å². The minimum Gasteiger partial charge on any atom is -0.358 e. The number of halogens is 2. The van der Waals surface area contributed by atoms with E-state index in [2.05, 4.69) is 10.6 Å². The third kappa shape index (κ3) is 5.49. The van der Waals surface area contributed by atoms with Gasteiger partial charge in [0, 0.05) is 7.05 Å². The molecule has 0 aromatic heterocycles. The number of rotatable bonds is 3. The van der Waals surface area contributed by atoms with E-state index in [0.29, 0.717) is 12.1 Å². The van der Waals surface area contributed by atoms with E-state index >= 15 is 0 Å². The van der Waals surface area contributed by atoms with Gasteiger partial charge in [-0.15, -0.1) is 0 Å². The molecule has 0 heterocycles. The van der Waals surface area contributed by atoms with E-state index in [1.807, 2.05) is 0 Å². The van der Waals surface area contributed by atoms with Crippen molar-refractivity contribution in [2.45, 2.75) is 6.92 Å². The first-order chi connectivity index (χ1) is 8.46. The highest BCUT2D eigenvalue weighted by Gasteiger charge is 2.07. The van der Waals surface area contributed by atoms with Crippen LogP contribution in [0.1, 0.15) is 15.9 Å². The van der Waals surface area contributed by atoms with Gasteiger partial charge in [-0.1, -0.05) is 0 Å². The van der Waals surface area contributed by atoms with Gasteiger partial charge < -0.3 is 10.6 Å². The number of hydrogen-bond acceptors (Lipinski definition) is 3. The largest absolute Gasteiger partial charge is 0.358 e. The molecule has 1 aromatic rings. The van der Waals surface area contributed by atoms with Crippen LogP contribution >= 0.6 is 0 Å². The lowest BCUT2D eigenvalue weighted by Gasteiger charge is -1.97. The average Bonchev–Trinajstić information content (AvgIpc) is 2.29. The molecule has 0 aliphatic carbocycles. The maximum absolute atomic E-state index is 12.6. The summed E-state index contributed by atoms with van der Waals surface area (Å²) in [5, 5.41) is 5.17. The molecule has 0 bridgehead atoms. The predicted molar refractivity (Wildman–Crippen MR) is 64.5 cm³/mol. The molecule has 6 heteroatoms. The number of nitrogens with one attached hydrogen (secondary N) is 2. The van der Waals surface area contributed by atoms with E-state index in [1.54, 1.807) is 21.0 Å². The summed E-state index contributed by atoms with van der Waals surface area (Å²) in [5.41, 5.74) is -0.0406. The van der Waals surface area contributed by atoms with Crippen LogP contribution in [0, 0.1) is 18.6 Å². The van der Waals surface area contributed by atoms with Gasteiger partial charge in [0.05, 0.1) is 12.1 Å². The molecule has 1 amide bonds. The van der Waals surface area contributed by atoms with Gasteiger partial charge in [0.15, 0.2) is 6.29 Å². The molecule has 2 N–H and O–H groups in total. The summed E-state index contributed by atoms with van der Waals surface area (Å²) in [7, 11) is 3.34. The van der Waals surface area contributed by atoms with Crippen LogP contribution in [-0.4, -0.2) is 32.8 Å². The van der Waals surface area contributed by atoms with Gasteiger partial charge in [-0.05, 0) is 31.7 Å². The molecule has 0 atom stereocenters. The summed E-state index contributed by atoms with van der Waals surface area (Å²) in [5.74, 6) is -1.60. The molecule has 18 heavy (non-hydrogen) atoms. The van der Waals surface area contributed by atoms with E-state index in [9.17, 15) is 18.4 Å². The van der Waals surface area contributed by atoms with Crippen molar-refractivity contribution >= 4 is 12.2 Å². The summed E-state index contributed by atoms with van der Waals surface area (Å²) < 4.78 is 25.3. The summed E-state index contributed by atoms with van der Waals surface area (Å²) in [4.78, 5) is 20.3. The number of carbonyl (C=O) groups excluding carboxylic acids is 2. The van der Waals surface area contributed by atoms with Crippen LogP contribution in [-0.2, 0) is 4.79 Å². The molecule has 1 aromatic carbocycles. The Morgan fingerprint density at radius 3 is 2.06 bits per heavy atom. The second-order valence-electron chi connectivity index (χ2n) is 3.46. The highest BCUT2D eigenvalue weighted by Crippen LogP contribution is 2.12.